The van der Waals surface area contributed by atoms with Crippen LogP contribution in [0.25, 0.3) is 0 Å². The fourth-order valence-electron chi connectivity index (χ4n) is 1.52. The van der Waals surface area contributed by atoms with Crippen LogP contribution < -0.4 is 0 Å². The first-order valence-corrected chi connectivity index (χ1v) is 7.24. The van der Waals surface area contributed by atoms with Crippen LogP contribution in [0.1, 0.15) is 36.6 Å². The molecule has 0 spiro atoms. The highest BCUT2D eigenvalue weighted by molar-refractivity contribution is 7.99. The maximum Gasteiger partial charge on any atom is 0.136 e. The molecule has 1 aromatic rings. The van der Waals surface area contributed by atoms with Crippen LogP contribution in [-0.2, 0) is 4.74 Å². The van der Waals surface area contributed by atoms with E-state index < -0.39 is 0 Å². The van der Waals surface area contributed by atoms with E-state index in [1.807, 2.05) is 6.92 Å². The molecule has 0 aromatic carbocycles. The Kier molecular flexibility index (Phi) is 4.65. The van der Waals surface area contributed by atoms with Gasteiger partial charge in [-0.25, -0.2) is 9.97 Å². The van der Waals surface area contributed by atoms with Gasteiger partial charge in [-0.2, -0.15) is 0 Å². The summed E-state index contributed by atoms with van der Waals surface area (Å²) >= 11 is 7.89. The van der Waals surface area contributed by atoms with E-state index in [2.05, 4.69) is 9.97 Å². The lowest BCUT2D eigenvalue weighted by Crippen LogP contribution is -1.99. The summed E-state index contributed by atoms with van der Waals surface area (Å²) in [7, 11) is 1.72. The van der Waals surface area contributed by atoms with Crippen molar-refractivity contribution in [1.29, 1.82) is 0 Å². The van der Waals surface area contributed by atoms with Crippen LogP contribution in [0.15, 0.2) is 5.03 Å². The van der Waals surface area contributed by atoms with Gasteiger partial charge in [-0.1, -0.05) is 11.6 Å². The standard InChI is InChI=1S/C12H17ClN2OS/c1-8-10(13)14-11(9-4-5-9)15-12(8)17-7-3-6-16-2/h9H,3-7H2,1-2H3. The minimum Gasteiger partial charge on any atom is -0.385 e. The van der Waals surface area contributed by atoms with Crippen molar-refractivity contribution in [3.05, 3.63) is 16.5 Å². The Morgan fingerprint density at radius 3 is 2.82 bits per heavy atom. The quantitative estimate of drug-likeness (QED) is 0.451. The lowest BCUT2D eigenvalue weighted by atomic mass is 10.3. The van der Waals surface area contributed by atoms with Gasteiger partial charge in [0, 0.05) is 31.0 Å². The molecule has 0 aliphatic heterocycles. The molecule has 1 aliphatic carbocycles. The average molecular weight is 273 g/mol. The largest absolute Gasteiger partial charge is 0.385 e. The first-order chi connectivity index (χ1) is 8.22. The van der Waals surface area contributed by atoms with Gasteiger partial charge in [-0.3, -0.25) is 0 Å². The first kappa shape index (κ1) is 13.1. The van der Waals surface area contributed by atoms with Gasteiger partial charge < -0.3 is 4.74 Å². The molecule has 3 nitrogen and oxygen atoms in total. The molecule has 0 amide bonds. The molecule has 17 heavy (non-hydrogen) atoms. The van der Waals surface area contributed by atoms with Crippen LogP contribution in [0.2, 0.25) is 5.15 Å². The Labute approximate surface area is 111 Å². The Morgan fingerprint density at radius 2 is 2.18 bits per heavy atom. The minimum atomic E-state index is 0.548. The van der Waals surface area contributed by atoms with E-state index in [4.69, 9.17) is 16.3 Å². The molecule has 0 N–H and O–H groups in total. The maximum absolute atomic E-state index is 6.14. The Balaban J connectivity index is 2.03. The number of thioether (sulfide) groups is 1. The zero-order chi connectivity index (χ0) is 12.3. The summed E-state index contributed by atoms with van der Waals surface area (Å²) in [6.07, 6.45) is 3.43. The summed E-state index contributed by atoms with van der Waals surface area (Å²) in [4.78, 5) is 8.98. The second-order valence-corrected chi connectivity index (χ2v) is 5.71. The minimum absolute atomic E-state index is 0.548. The van der Waals surface area contributed by atoms with E-state index in [-0.39, 0.29) is 0 Å². The molecule has 94 valence electrons. The van der Waals surface area contributed by atoms with Crippen molar-refractivity contribution in [2.24, 2.45) is 0 Å². The second-order valence-electron chi connectivity index (χ2n) is 4.27. The molecule has 1 saturated carbocycles. The van der Waals surface area contributed by atoms with Crippen molar-refractivity contribution in [1.82, 2.24) is 9.97 Å². The molecule has 0 unspecified atom stereocenters. The van der Waals surface area contributed by atoms with Crippen molar-refractivity contribution in [2.75, 3.05) is 19.5 Å². The Hall–Kier alpha value is -0.320. The monoisotopic (exact) mass is 272 g/mol. The molecule has 1 fully saturated rings. The third-order valence-corrected chi connectivity index (χ3v) is 4.26. The zero-order valence-corrected chi connectivity index (χ0v) is 11.8. The van der Waals surface area contributed by atoms with Crippen molar-refractivity contribution in [3.8, 4) is 0 Å². The normalized spacial score (nSPS) is 15.2. The predicted octanol–water partition coefficient (Wildman–Crippen LogP) is 3.44. The summed E-state index contributed by atoms with van der Waals surface area (Å²) in [5.74, 6) is 2.48. The molecule has 1 aliphatic rings. The molecule has 0 atom stereocenters. The fourth-order valence-corrected chi connectivity index (χ4v) is 2.68. The van der Waals surface area contributed by atoms with Crippen LogP contribution in [0.4, 0.5) is 0 Å². The van der Waals surface area contributed by atoms with Crippen LogP contribution in [-0.4, -0.2) is 29.4 Å². The summed E-state index contributed by atoms with van der Waals surface area (Å²) in [5.41, 5.74) is 0.999. The van der Waals surface area contributed by atoms with Crippen molar-refractivity contribution >= 4 is 23.4 Å². The highest BCUT2D eigenvalue weighted by Gasteiger charge is 2.27. The summed E-state index contributed by atoms with van der Waals surface area (Å²) < 4.78 is 5.03. The maximum atomic E-state index is 6.14. The smallest absolute Gasteiger partial charge is 0.136 e. The summed E-state index contributed by atoms with van der Waals surface area (Å²) in [5, 5.41) is 1.64. The van der Waals surface area contributed by atoms with Gasteiger partial charge >= 0.3 is 0 Å². The van der Waals surface area contributed by atoms with Gasteiger partial charge in [0.25, 0.3) is 0 Å². The molecule has 2 rings (SSSR count). The van der Waals surface area contributed by atoms with Gasteiger partial charge in [0.05, 0.1) is 0 Å². The highest BCUT2D eigenvalue weighted by atomic mass is 35.5. The lowest BCUT2D eigenvalue weighted by Gasteiger charge is -2.08. The molecular weight excluding hydrogens is 256 g/mol. The SMILES string of the molecule is COCCCSc1nc(C2CC2)nc(Cl)c1C. The van der Waals surface area contributed by atoms with E-state index in [1.54, 1.807) is 18.9 Å². The third-order valence-electron chi connectivity index (χ3n) is 2.73. The van der Waals surface area contributed by atoms with E-state index in [1.165, 1.54) is 12.8 Å². The van der Waals surface area contributed by atoms with Gasteiger partial charge in [0.1, 0.15) is 16.0 Å². The molecule has 0 bridgehead atoms. The van der Waals surface area contributed by atoms with Crippen LogP contribution in [0, 0.1) is 6.92 Å². The zero-order valence-electron chi connectivity index (χ0n) is 10.2. The number of hydrogen-bond acceptors (Lipinski definition) is 4. The van der Waals surface area contributed by atoms with Crippen LogP contribution in [0.5, 0.6) is 0 Å². The molecule has 0 radical (unpaired) electrons. The predicted molar refractivity (Wildman–Crippen MR) is 71.0 cm³/mol. The van der Waals surface area contributed by atoms with Crippen molar-refractivity contribution < 1.29 is 4.74 Å². The third kappa shape index (κ3) is 3.57. The van der Waals surface area contributed by atoms with Crippen molar-refractivity contribution in [2.45, 2.75) is 37.1 Å². The van der Waals surface area contributed by atoms with Crippen LogP contribution >= 0.6 is 23.4 Å². The number of aromatic nitrogens is 2. The Bertz CT molecular complexity index is 396. The number of nitrogens with zero attached hydrogens (tertiary/aromatic N) is 2. The molecule has 5 heteroatoms. The Morgan fingerprint density at radius 1 is 1.41 bits per heavy atom. The second kappa shape index (κ2) is 6.03. The molecule has 1 heterocycles. The topological polar surface area (TPSA) is 35.0 Å². The lowest BCUT2D eigenvalue weighted by molar-refractivity contribution is 0.200. The summed E-state index contributed by atoms with van der Waals surface area (Å²) in [6.45, 7) is 2.78. The number of hydrogen-bond donors (Lipinski definition) is 0. The van der Waals surface area contributed by atoms with E-state index >= 15 is 0 Å². The van der Waals surface area contributed by atoms with Crippen molar-refractivity contribution in [3.63, 3.8) is 0 Å². The fraction of sp³-hybridized carbons (Fsp3) is 0.667. The molecule has 1 aromatic heterocycles. The van der Waals surface area contributed by atoms with Gasteiger partial charge in [-0.15, -0.1) is 11.8 Å². The van der Waals surface area contributed by atoms with E-state index in [0.29, 0.717) is 11.1 Å². The highest BCUT2D eigenvalue weighted by Crippen LogP contribution is 2.39. The van der Waals surface area contributed by atoms with Gasteiger partial charge in [0.15, 0.2) is 0 Å². The van der Waals surface area contributed by atoms with E-state index in [9.17, 15) is 0 Å². The summed E-state index contributed by atoms with van der Waals surface area (Å²) in [6, 6.07) is 0. The molecule has 0 saturated heterocycles. The van der Waals surface area contributed by atoms with Gasteiger partial charge in [-0.05, 0) is 26.2 Å². The number of halogens is 1. The molecular formula is C12H17ClN2OS. The first-order valence-electron chi connectivity index (χ1n) is 5.88. The number of methoxy groups -OCH3 is 1. The van der Waals surface area contributed by atoms with Crippen LogP contribution in [0.3, 0.4) is 0 Å². The number of ether oxygens (including phenoxy) is 1. The van der Waals surface area contributed by atoms with Gasteiger partial charge in [0.2, 0.25) is 0 Å². The number of rotatable bonds is 6. The van der Waals surface area contributed by atoms with E-state index in [0.717, 1.165) is 35.2 Å². The average Bonchev–Trinajstić information content (AvgIpc) is 3.13.